The first-order valence-corrected chi connectivity index (χ1v) is 7.85. The number of aryl methyl sites for hydroxylation is 1. The molecular formula is C16H21N5O2. The van der Waals surface area contributed by atoms with E-state index in [1.165, 1.54) is 0 Å². The Kier molecular flexibility index (Phi) is 4.55. The number of H-pyrrole nitrogens is 1. The van der Waals surface area contributed by atoms with Crippen LogP contribution >= 0.6 is 0 Å². The summed E-state index contributed by atoms with van der Waals surface area (Å²) in [5.41, 5.74) is 0.713. The topological polar surface area (TPSA) is 84.0 Å². The number of piperidine rings is 1. The number of aromatic amines is 1. The number of ether oxygens (including phenoxy) is 1. The Labute approximate surface area is 135 Å². The van der Waals surface area contributed by atoms with Crippen LogP contribution in [0.2, 0.25) is 0 Å². The van der Waals surface area contributed by atoms with Crippen LogP contribution in [0.25, 0.3) is 0 Å². The van der Waals surface area contributed by atoms with Gasteiger partial charge >= 0.3 is 0 Å². The smallest absolute Gasteiger partial charge is 0.229 e. The number of likely N-dealkylation sites (tertiary alicyclic amines) is 1. The van der Waals surface area contributed by atoms with E-state index in [2.05, 4.69) is 20.2 Å². The van der Waals surface area contributed by atoms with Gasteiger partial charge in [-0.3, -0.25) is 9.89 Å². The number of amides is 1. The van der Waals surface area contributed by atoms with Crippen molar-refractivity contribution in [2.75, 3.05) is 13.7 Å². The van der Waals surface area contributed by atoms with Crippen LogP contribution < -0.4 is 4.74 Å². The molecule has 0 spiro atoms. The van der Waals surface area contributed by atoms with Gasteiger partial charge in [0.1, 0.15) is 5.82 Å². The van der Waals surface area contributed by atoms with E-state index in [4.69, 9.17) is 4.74 Å². The number of aromatic nitrogens is 4. The van der Waals surface area contributed by atoms with Crippen molar-refractivity contribution >= 4 is 5.91 Å². The number of carbonyl (C=O) groups excluding carboxylic acids is 1. The number of pyridine rings is 1. The Morgan fingerprint density at radius 2 is 2.26 bits per heavy atom. The SMILES string of the molecule is COc1cccc(CC(=O)N2CCCC[C@H]2c2n[nH]c(C)n2)n1. The van der Waals surface area contributed by atoms with Crippen molar-refractivity contribution in [3.05, 3.63) is 35.5 Å². The second-order valence-electron chi connectivity index (χ2n) is 5.73. The van der Waals surface area contributed by atoms with Crippen LogP contribution in [0.4, 0.5) is 0 Å². The number of nitrogens with zero attached hydrogens (tertiary/aromatic N) is 4. The molecule has 1 atom stereocenters. The van der Waals surface area contributed by atoms with Crippen LogP contribution in [0.15, 0.2) is 18.2 Å². The van der Waals surface area contributed by atoms with Crippen molar-refractivity contribution in [2.24, 2.45) is 0 Å². The number of rotatable bonds is 4. The Bertz CT molecular complexity index is 685. The summed E-state index contributed by atoms with van der Waals surface area (Å²) in [6.07, 6.45) is 3.25. The average Bonchev–Trinajstić information content (AvgIpc) is 3.01. The van der Waals surface area contributed by atoms with E-state index in [1.54, 1.807) is 13.2 Å². The van der Waals surface area contributed by atoms with Gasteiger partial charge in [0.15, 0.2) is 5.82 Å². The molecule has 7 heteroatoms. The van der Waals surface area contributed by atoms with Gasteiger partial charge in [-0.1, -0.05) is 6.07 Å². The van der Waals surface area contributed by atoms with Crippen molar-refractivity contribution in [2.45, 2.75) is 38.6 Å². The molecule has 1 aliphatic heterocycles. The van der Waals surface area contributed by atoms with E-state index in [9.17, 15) is 4.79 Å². The fourth-order valence-corrected chi connectivity index (χ4v) is 2.93. The number of carbonyl (C=O) groups is 1. The minimum Gasteiger partial charge on any atom is -0.481 e. The molecule has 1 fully saturated rings. The van der Waals surface area contributed by atoms with Gasteiger partial charge in [0.25, 0.3) is 0 Å². The predicted molar refractivity (Wildman–Crippen MR) is 83.9 cm³/mol. The standard InChI is InChI=1S/C16H21N5O2/c1-11-17-16(20-19-11)13-7-3-4-9-21(13)15(22)10-12-6-5-8-14(18-12)23-2/h5-6,8,13H,3-4,7,9-10H2,1-2H3,(H,17,19,20)/t13-/m0/s1. The molecule has 122 valence electrons. The van der Waals surface area contributed by atoms with Gasteiger partial charge in [0, 0.05) is 12.6 Å². The fraction of sp³-hybridized carbons (Fsp3) is 0.500. The Morgan fingerprint density at radius 1 is 1.39 bits per heavy atom. The van der Waals surface area contributed by atoms with Crippen LogP contribution in [0.3, 0.4) is 0 Å². The highest BCUT2D eigenvalue weighted by Gasteiger charge is 2.30. The van der Waals surface area contributed by atoms with Gasteiger partial charge in [-0.15, -0.1) is 0 Å². The minimum absolute atomic E-state index is 0.0493. The van der Waals surface area contributed by atoms with Gasteiger partial charge in [-0.2, -0.15) is 5.10 Å². The molecule has 2 aromatic heterocycles. The second kappa shape index (κ2) is 6.76. The summed E-state index contributed by atoms with van der Waals surface area (Å²) in [5, 5.41) is 7.10. The van der Waals surface area contributed by atoms with Crippen LogP contribution in [0.5, 0.6) is 5.88 Å². The average molecular weight is 315 g/mol. The molecule has 3 rings (SSSR count). The first-order valence-electron chi connectivity index (χ1n) is 7.85. The molecule has 1 N–H and O–H groups in total. The number of hydrogen-bond acceptors (Lipinski definition) is 5. The van der Waals surface area contributed by atoms with E-state index in [-0.39, 0.29) is 18.4 Å². The van der Waals surface area contributed by atoms with Crippen molar-refractivity contribution in [3.63, 3.8) is 0 Å². The van der Waals surface area contributed by atoms with Crippen molar-refractivity contribution < 1.29 is 9.53 Å². The molecule has 0 aromatic carbocycles. The molecule has 23 heavy (non-hydrogen) atoms. The summed E-state index contributed by atoms with van der Waals surface area (Å²) in [6.45, 7) is 2.60. The summed E-state index contributed by atoms with van der Waals surface area (Å²) >= 11 is 0. The Hall–Kier alpha value is -2.44. The summed E-state index contributed by atoms with van der Waals surface area (Å²) in [4.78, 5) is 23.3. The highest BCUT2D eigenvalue weighted by atomic mass is 16.5. The van der Waals surface area contributed by atoms with Gasteiger partial charge < -0.3 is 9.64 Å². The van der Waals surface area contributed by atoms with Gasteiger partial charge in [0.2, 0.25) is 11.8 Å². The van der Waals surface area contributed by atoms with Crippen LogP contribution in [0.1, 0.15) is 42.6 Å². The lowest BCUT2D eigenvalue weighted by atomic mass is 10.0. The molecule has 0 aliphatic carbocycles. The quantitative estimate of drug-likeness (QED) is 0.930. The lowest BCUT2D eigenvalue weighted by molar-refractivity contribution is -0.134. The Morgan fingerprint density at radius 3 is 3.00 bits per heavy atom. The van der Waals surface area contributed by atoms with E-state index in [0.717, 1.165) is 31.6 Å². The largest absolute Gasteiger partial charge is 0.481 e. The van der Waals surface area contributed by atoms with Gasteiger partial charge in [0.05, 0.1) is 25.3 Å². The molecule has 1 amide bonds. The highest BCUT2D eigenvalue weighted by Crippen LogP contribution is 2.29. The van der Waals surface area contributed by atoms with E-state index in [0.29, 0.717) is 17.4 Å². The molecule has 0 radical (unpaired) electrons. The third-order valence-electron chi connectivity index (χ3n) is 4.06. The third-order valence-corrected chi connectivity index (χ3v) is 4.06. The maximum Gasteiger partial charge on any atom is 0.229 e. The minimum atomic E-state index is -0.0493. The summed E-state index contributed by atoms with van der Waals surface area (Å²) < 4.78 is 5.11. The van der Waals surface area contributed by atoms with Crippen LogP contribution in [-0.2, 0) is 11.2 Å². The maximum absolute atomic E-state index is 12.7. The summed E-state index contributed by atoms with van der Waals surface area (Å²) in [6, 6.07) is 5.41. The van der Waals surface area contributed by atoms with E-state index in [1.807, 2.05) is 24.0 Å². The molecule has 1 saturated heterocycles. The second-order valence-corrected chi connectivity index (χ2v) is 5.73. The van der Waals surface area contributed by atoms with Crippen molar-refractivity contribution in [1.82, 2.24) is 25.1 Å². The fourth-order valence-electron chi connectivity index (χ4n) is 2.93. The number of hydrogen-bond donors (Lipinski definition) is 1. The zero-order valence-corrected chi connectivity index (χ0v) is 13.5. The van der Waals surface area contributed by atoms with E-state index >= 15 is 0 Å². The third kappa shape index (κ3) is 3.49. The lowest BCUT2D eigenvalue weighted by Crippen LogP contribution is -2.40. The zero-order valence-electron chi connectivity index (χ0n) is 13.5. The molecule has 2 aromatic rings. The highest BCUT2D eigenvalue weighted by molar-refractivity contribution is 5.78. The predicted octanol–water partition coefficient (Wildman–Crippen LogP) is 1.81. The monoisotopic (exact) mass is 315 g/mol. The molecule has 0 unspecified atom stereocenters. The molecule has 7 nitrogen and oxygen atoms in total. The molecule has 0 saturated carbocycles. The zero-order chi connectivity index (χ0) is 16.2. The first-order chi connectivity index (χ1) is 11.2. The Balaban J connectivity index is 1.75. The van der Waals surface area contributed by atoms with Crippen LogP contribution in [0, 0.1) is 6.92 Å². The van der Waals surface area contributed by atoms with E-state index < -0.39 is 0 Å². The van der Waals surface area contributed by atoms with Crippen molar-refractivity contribution in [3.8, 4) is 5.88 Å². The maximum atomic E-state index is 12.7. The molecular weight excluding hydrogens is 294 g/mol. The number of nitrogens with one attached hydrogen (secondary N) is 1. The number of methoxy groups -OCH3 is 1. The lowest BCUT2D eigenvalue weighted by Gasteiger charge is -2.34. The van der Waals surface area contributed by atoms with Crippen molar-refractivity contribution in [1.29, 1.82) is 0 Å². The normalized spacial score (nSPS) is 18.0. The summed E-state index contributed by atoms with van der Waals surface area (Å²) in [5.74, 6) is 2.05. The van der Waals surface area contributed by atoms with Crippen LogP contribution in [-0.4, -0.2) is 44.6 Å². The van der Waals surface area contributed by atoms with Gasteiger partial charge in [-0.25, -0.2) is 9.97 Å². The molecule has 1 aliphatic rings. The molecule has 0 bridgehead atoms. The molecule has 3 heterocycles. The van der Waals surface area contributed by atoms with Gasteiger partial charge in [-0.05, 0) is 32.3 Å². The first kappa shape index (κ1) is 15.5. The summed E-state index contributed by atoms with van der Waals surface area (Å²) in [7, 11) is 1.57.